The van der Waals surface area contributed by atoms with Gasteiger partial charge in [0.2, 0.25) is 6.29 Å². The van der Waals surface area contributed by atoms with Crippen molar-refractivity contribution in [3.05, 3.63) is 42.0 Å². The van der Waals surface area contributed by atoms with E-state index in [1.54, 1.807) is 19.1 Å². The fraction of sp³-hybridized carbons (Fsp3) is 0.357. The Morgan fingerprint density at radius 1 is 1.39 bits per heavy atom. The van der Waals surface area contributed by atoms with Crippen LogP contribution >= 0.6 is 0 Å². The molecule has 1 aromatic carbocycles. The molecule has 1 rings (SSSR count). The lowest BCUT2D eigenvalue weighted by atomic mass is 10.1. The lowest BCUT2D eigenvalue weighted by Gasteiger charge is -2.13. The highest BCUT2D eigenvalue weighted by Crippen LogP contribution is 2.16. The molecular formula is C14H18O4. The van der Waals surface area contributed by atoms with Crippen molar-refractivity contribution >= 4 is 6.29 Å². The van der Waals surface area contributed by atoms with Gasteiger partial charge in [0.05, 0.1) is 6.10 Å². The fourth-order valence-electron chi connectivity index (χ4n) is 1.52. The Balaban J connectivity index is 2.52. The van der Waals surface area contributed by atoms with Crippen molar-refractivity contribution in [2.24, 2.45) is 0 Å². The SMILES string of the molecule is C=C(C=O)CC(O)Oc1ccc(CC(C)O)cc1. The third kappa shape index (κ3) is 5.12. The van der Waals surface area contributed by atoms with E-state index in [1.165, 1.54) is 0 Å². The molecule has 0 amide bonds. The van der Waals surface area contributed by atoms with E-state index in [0.29, 0.717) is 18.5 Å². The number of rotatable bonds is 7. The molecule has 0 radical (unpaired) electrons. The third-order valence-electron chi connectivity index (χ3n) is 2.33. The predicted octanol–water partition coefficient (Wildman–Crippen LogP) is 1.45. The predicted molar refractivity (Wildman–Crippen MR) is 68.3 cm³/mol. The van der Waals surface area contributed by atoms with Gasteiger partial charge >= 0.3 is 0 Å². The molecule has 2 N–H and O–H groups in total. The Morgan fingerprint density at radius 3 is 2.50 bits per heavy atom. The van der Waals surface area contributed by atoms with Crippen LogP contribution in [0.5, 0.6) is 5.75 Å². The Labute approximate surface area is 107 Å². The quantitative estimate of drug-likeness (QED) is 0.437. The molecule has 2 atom stereocenters. The van der Waals surface area contributed by atoms with E-state index in [-0.39, 0.29) is 12.0 Å². The lowest BCUT2D eigenvalue weighted by molar-refractivity contribution is -0.105. The molecule has 98 valence electrons. The number of carbonyl (C=O) groups is 1. The number of ether oxygens (including phenoxy) is 1. The first-order valence-corrected chi connectivity index (χ1v) is 5.76. The maximum atomic E-state index is 10.4. The van der Waals surface area contributed by atoms with Crippen LogP contribution in [0.25, 0.3) is 0 Å². The monoisotopic (exact) mass is 250 g/mol. The Bertz CT molecular complexity index is 395. The van der Waals surface area contributed by atoms with E-state index in [2.05, 4.69) is 6.58 Å². The van der Waals surface area contributed by atoms with Gasteiger partial charge in [-0.05, 0) is 36.6 Å². The average molecular weight is 250 g/mol. The number of benzene rings is 1. The zero-order valence-corrected chi connectivity index (χ0v) is 10.4. The molecule has 18 heavy (non-hydrogen) atoms. The van der Waals surface area contributed by atoms with Crippen LogP contribution in [-0.2, 0) is 11.2 Å². The van der Waals surface area contributed by atoms with Gasteiger partial charge in [0, 0.05) is 6.42 Å². The summed E-state index contributed by atoms with van der Waals surface area (Å²) in [5.74, 6) is 0.510. The third-order valence-corrected chi connectivity index (χ3v) is 2.33. The van der Waals surface area contributed by atoms with Crippen LogP contribution in [0.3, 0.4) is 0 Å². The molecule has 0 saturated heterocycles. The smallest absolute Gasteiger partial charge is 0.201 e. The molecule has 1 aromatic rings. The number of aliphatic hydroxyl groups is 2. The minimum Gasteiger partial charge on any atom is -0.465 e. The lowest BCUT2D eigenvalue weighted by Crippen LogP contribution is -2.16. The van der Waals surface area contributed by atoms with Gasteiger partial charge in [0.1, 0.15) is 12.0 Å². The van der Waals surface area contributed by atoms with Crippen molar-refractivity contribution in [3.8, 4) is 5.75 Å². The van der Waals surface area contributed by atoms with E-state index in [0.717, 1.165) is 5.56 Å². The van der Waals surface area contributed by atoms with Crippen LogP contribution in [0, 0.1) is 0 Å². The minimum atomic E-state index is -1.08. The molecule has 4 nitrogen and oxygen atoms in total. The molecule has 0 saturated carbocycles. The molecule has 0 spiro atoms. The highest BCUT2D eigenvalue weighted by Gasteiger charge is 2.08. The van der Waals surface area contributed by atoms with Crippen molar-refractivity contribution in [2.45, 2.75) is 32.2 Å². The van der Waals surface area contributed by atoms with Crippen molar-refractivity contribution < 1.29 is 19.7 Å². The number of aliphatic hydroxyl groups excluding tert-OH is 2. The van der Waals surface area contributed by atoms with Gasteiger partial charge in [-0.25, -0.2) is 0 Å². The van der Waals surface area contributed by atoms with Crippen molar-refractivity contribution in [1.29, 1.82) is 0 Å². The molecule has 4 heteroatoms. The summed E-state index contributed by atoms with van der Waals surface area (Å²) in [6.07, 6.45) is -0.217. The van der Waals surface area contributed by atoms with E-state index >= 15 is 0 Å². The van der Waals surface area contributed by atoms with Gasteiger partial charge in [-0.2, -0.15) is 0 Å². The second-order valence-electron chi connectivity index (χ2n) is 4.25. The molecule has 0 bridgehead atoms. The summed E-state index contributed by atoms with van der Waals surface area (Å²) in [5.41, 5.74) is 1.28. The van der Waals surface area contributed by atoms with Crippen LogP contribution in [0.4, 0.5) is 0 Å². The maximum absolute atomic E-state index is 10.4. The van der Waals surface area contributed by atoms with Crippen LogP contribution < -0.4 is 4.74 Å². The van der Waals surface area contributed by atoms with Crippen molar-refractivity contribution in [2.75, 3.05) is 0 Å². The van der Waals surface area contributed by atoms with Crippen LogP contribution in [0.1, 0.15) is 18.9 Å². The summed E-state index contributed by atoms with van der Waals surface area (Å²) in [6.45, 7) is 5.19. The first-order chi connectivity index (χ1) is 8.51. The first-order valence-electron chi connectivity index (χ1n) is 5.76. The van der Waals surface area contributed by atoms with Crippen LogP contribution in [-0.4, -0.2) is 28.9 Å². The summed E-state index contributed by atoms with van der Waals surface area (Å²) in [6, 6.07) is 7.07. The standard InChI is InChI=1S/C14H18O4/c1-10(9-15)7-14(17)18-13-5-3-12(4-6-13)8-11(2)16/h3-6,9,11,14,16-17H,1,7-8H2,2H3. The van der Waals surface area contributed by atoms with Gasteiger partial charge in [-0.1, -0.05) is 18.7 Å². The Hall–Kier alpha value is -1.65. The summed E-state index contributed by atoms with van der Waals surface area (Å²) in [4.78, 5) is 10.4. The van der Waals surface area contributed by atoms with Gasteiger partial charge in [0.25, 0.3) is 0 Å². The van der Waals surface area contributed by atoms with E-state index in [1.807, 2.05) is 12.1 Å². The fourth-order valence-corrected chi connectivity index (χ4v) is 1.52. The number of carbonyl (C=O) groups excluding carboxylic acids is 1. The molecule has 0 aromatic heterocycles. The highest BCUT2D eigenvalue weighted by molar-refractivity contribution is 5.71. The summed E-state index contributed by atoms with van der Waals surface area (Å²) < 4.78 is 5.22. The van der Waals surface area contributed by atoms with Gasteiger partial charge in [-0.3, -0.25) is 4.79 Å². The number of aldehydes is 1. The van der Waals surface area contributed by atoms with Gasteiger partial charge in [0.15, 0.2) is 0 Å². The molecule has 2 unspecified atom stereocenters. The average Bonchev–Trinajstić information content (AvgIpc) is 2.30. The van der Waals surface area contributed by atoms with Crippen molar-refractivity contribution in [3.63, 3.8) is 0 Å². The van der Waals surface area contributed by atoms with Crippen molar-refractivity contribution in [1.82, 2.24) is 0 Å². The van der Waals surface area contributed by atoms with E-state index < -0.39 is 12.4 Å². The molecular weight excluding hydrogens is 232 g/mol. The molecule has 0 aliphatic carbocycles. The summed E-state index contributed by atoms with van der Waals surface area (Å²) in [5, 5.41) is 18.8. The second kappa shape index (κ2) is 6.93. The molecule has 0 heterocycles. The number of hydrogen-bond acceptors (Lipinski definition) is 4. The Kier molecular flexibility index (Phi) is 5.55. The van der Waals surface area contributed by atoms with Gasteiger partial charge in [-0.15, -0.1) is 0 Å². The maximum Gasteiger partial charge on any atom is 0.201 e. The number of hydrogen-bond donors (Lipinski definition) is 2. The topological polar surface area (TPSA) is 66.8 Å². The molecule has 0 aliphatic heterocycles. The zero-order valence-electron chi connectivity index (χ0n) is 10.4. The summed E-state index contributed by atoms with van der Waals surface area (Å²) >= 11 is 0. The van der Waals surface area contributed by atoms with E-state index in [4.69, 9.17) is 4.74 Å². The van der Waals surface area contributed by atoms with Crippen LogP contribution in [0.2, 0.25) is 0 Å². The molecule has 0 aliphatic rings. The highest BCUT2D eigenvalue weighted by atomic mass is 16.6. The van der Waals surface area contributed by atoms with Crippen LogP contribution in [0.15, 0.2) is 36.4 Å². The first kappa shape index (κ1) is 14.4. The van der Waals surface area contributed by atoms with E-state index in [9.17, 15) is 15.0 Å². The minimum absolute atomic E-state index is 0.0823. The zero-order chi connectivity index (χ0) is 13.5. The normalized spacial score (nSPS) is 13.7. The van der Waals surface area contributed by atoms with Gasteiger partial charge < -0.3 is 14.9 Å². The largest absolute Gasteiger partial charge is 0.465 e. The Morgan fingerprint density at radius 2 is 2.00 bits per heavy atom. The molecule has 0 fully saturated rings. The second-order valence-corrected chi connectivity index (χ2v) is 4.25. The summed E-state index contributed by atoms with van der Waals surface area (Å²) in [7, 11) is 0.